The number of rotatable bonds is 5. The van der Waals surface area contributed by atoms with Crippen molar-refractivity contribution in [3.63, 3.8) is 0 Å². The molecule has 2 rings (SSSR count). The number of hydrogen-bond acceptors (Lipinski definition) is 2. The van der Waals surface area contributed by atoms with Crippen molar-refractivity contribution in [2.75, 3.05) is 0 Å². The molecule has 0 unspecified atom stereocenters. The monoisotopic (exact) mass is 265 g/mol. The zero-order chi connectivity index (χ0) is 13.9. The summed E-state index contributed by atoms with van der Waals surface area (Å²) in [4.78, 5) is 22.8. The minimum atomic E-state index is -1.06. The lowest BCUT2D eigenvalue weighted by Crippen LogP contribution is -2.59. The van der Waals surface area contributed by atoms with Gasteiger partial charge in [0.1, 0.15) is 11.4 Å². The SMILES string of the molecule is O=C(CCc1ccc(F)cc1)NC1(C(=O)O)CCC1. The predicted octanol–water partition coefficient (Wildman–Crippen LogP) is 1.88. The molecule has 0 bridgehead atoms. The standard InChI is InChI=1S/C14H16FNO3/c15-11-5-2-10(3-6-11)4-7-12(17)16-14(13(18)19)8-1-9-14/h2-3,5-6H,1,4,7-9H2,(H,16,17)(H,18,19). The third-order valence-corrected chi connectivity index (χ3v) is 3.55. The van der Waals surface area contributed by atoms with Crippen LogP contribution in [0.3, 0.4) is 0 Å². The quantitative estimate of drug-likeness (QED) is 0.854. The van der Waals surface area contributed by atoms with Gasteiger partial charge >= 0.3 is 5.97 Å². The van der Waals surface area contributed by atoms with Gasteiger partial charge in [0.15, 0.2) is 0 Å². The highest BCUT2D eigenvalue weighted by Crippen LogP contribution is 2.32. The molecule has 1 aromatic carbocycles. The van der Waals surface area contributed by atoms with E-state index in [1.54, 1.807) is 12.1 Å². The highest BCUT2D eigenvalue weighted by atomic mass is 19.1. The minimum absolute atomic E-state index is 0.209. The maximum absolute atomic E-state index is 12.7. The Morgan fingerprint density at radius 1 is 1.26 bits per heavy atom. The molecule has 1 aliphatic carbocycles. The molecule has 1 aromatic rings. The Labute approximate surface area is 110 Å². The average molecular weight is 265 g/mol. The third kappa shape index (κ3) is 3.10. The van der Waals surface area contributed by atoms with Crippen molar-refractivity contribution in [2.45, 2.75) is 37.6 Å². The summed E-state index contributed by atoms with van der Waals surface area (Å²) in [5.74, 6) is -1.55. The van der Waals surface area contributed by atoms with Gasteiger partial charge in [0, 0.05) is 6.42 Å². The molecule has 102 valence electrons. The molecular weight excluding hydrogens is 249 g/mol. The lowest BCUT2D eigenvalue weighted by atomic mass is 9.76. The first kappa shape index (κ1) is 13.5. The van der Waals surface area contributed by atoms with Crippen molar-refractivity contribution in [2.24, 2.45) is 0 Å². The molecule has 0 atom stereocenters. The topological polar surface area (TPSA) is 66.4 Å². The van der Waals surface area contributed by atoms with Crippen LogP contribution in [-0.4, -0.2) is 22.5 Å². The van der Waals surface area contributed by atoms with Gasteiger partial charge in [-0.25, -0.2) is 9.18 Å². The number of benzene rings is 1. The highest BCUT2D eigenvalue weighted by Gasteiger charge is 2.45. The molecule has 19 heavy (non-hydrogen) atoms. The summed E-state index contributed by atoms with van der Waals surface area (Å²) in [6.45, 7) is 0. The highest BCUT2D eigenvalue weighted by molar-refractivity contribution is 5.87. The second-order valence-corrected chi connectivity index (χ2v) is 4.92. The van der Waals surface area contributed by atoms with Crippen molar-refractivity contribution in [1.29, 1.82) is 0 Å². The first-order valence-electron chi connectivity index (χ1n) is 6.31. The fraction of sp³-hybridized carbons (Fsp3) is 0.429. The first-order chi connectivity index (χ1) is 9.02. The van der Waals surface area contributed by atoms with Gasteiger partial charge in [-0.1, -0.05) is 12.1 Å². The number of amides is 1. The van der Waals surface area contributed by atoms with Crippen LogP contribution in [0.5, 0.6) is 0 Å². The van der Waals surface area contributed by atoms with E-state index in [2.05, 4.69) is 5.32 Å². The van der Waals surface area contributed by atoms with Crippen LogP contribution in [0, 0.1) is 5.82 Å². The van der Waals surface area contributed by atoms with Crippen LogP contribution in [0.25, 0.3) is 0 Å². The van der Waals surface area contributed by atoms with Gasteiger partial charge in [-0.15, -0.1) is 0 Å². The number of carboxylic acid groups (broad SMARTS) is 1. The summed E-state index contributed by atoms with van der Waals surface area (Å²) in [6.07, 6.45) is 2.49. The van der Waals surface area contributed by atoms with Gasteiger partial charge in [-0.3, -0.25) is 4.79 Å². The molecule has 2 N–H and O–H groups in total. The minimum Gasteiger partial charge on any atom is -0.480 e. The van der Waals surface area contributed by atoms with E-state index >= 15 is 0 Å². The Balaban J connectivity index is 1.85. The maximum Gasteiger partial charge on any atom is 0.329 e. The van der Waals surface area contributed by atoms with Crippen LogP contribution >= 0.6 is 0 Å². The van der Waals surface area contributed by atoms with Crippen molar-refractivity contribution in [1.82, 2.24) is 5.32 Å². The van der Waals surface area contributed by atoms with Crippen LogP contribution in [0.4, 0.5) is 4.39 Å². The largest absolute Gasteiger partial charge is 0.480 e. The van der Waals surface area contributed by atoms with Crippen LogP contribution in [0.2, 0.25) is 0 Å². The van der Waals surface area contributed by atoms with Crippen LogP contribution < -0.4 is 5.32 Å². The maximum atomic E-state index is 12.7. The average Bonchev–Trinajstić information content (AvgIpc) is 2.32. The van der Waals surface area contributed by atoms with E-state index in [0.717, 1.165) is 12.0 Å². The zero-order valence-electron chi connectivity index (χ0n) is 10.5. The molecule has 1 aliphatic rings. The molecule has 0 saturated heterocycles. The predicted molar refractivity (Wildman–Crippen MR) is 67.1 cm³/mol. The number of nitrogens with one attached hydrogen (secondary N) is 1. The number of aryl methyl sites for hydroxylation is 1. The zero-order valence-corrected chi connectivity index (χ0v) is 10.5. The van der Waals surface area contributed by atoms with Crippen LogP contribution in [0.15, 0.2) is 24.3 Å². The van der Waals surface area contributed by atoms with Crippen molar-refractivity contribution < 1.29 is 19.1 Å². The molecule has 1 fully saturated rings. The third-order valence-electron chi connectivity index (χ3n) is 3.55. The summed E-state index contributed by atoms with van der Waals surface area (Å²) in [7, 11) is 0. The summed E-state index contributed by atoms with van der Waals surface area (Å²) in [6, 6.07) is 5.94. The first-order valence-corrected chi connectivity index (χ1v) is 6.31. The smallest absolute Gasteiger partial charge is 0.329 e. The normalized spacial score (nSPS) is 16.5. The Hall–Kier alpha value is -1.91. The van der Waals surface area contributed by atoms with E-state index in [0.29, 0.717) is 19.3 Å². The molecule has 1 amide bonds. The Bertz CT molecular complexity index is 480. The van der Waals surface area contributed by atoms with E-state index in [9.17, 15) is 14.0 Å². The van der Waals surface area contributed by atoms with Crippen LogP contribution in [0.1, 0.15) is 31.2 Å². The summed E-state index contributed by atoms with van der Waals surface area (Å²) in [5.41, 5.74) is -0.200. The molecular formula is C14H16FNO3. The lowest BCUT2D eigenvalue weighted by molar-refractivity contribution is -0.151. The Kier molecular flexibility index (Phi) is 3.83. The summed E-state index contributed by atoms with van der Waals surface area (Å²) in [5, 5.41) is 11.7. The molecule has 5 heteroatoms. The van der Waals surface area contributed by atoms with Crippen molar-refractivity contribution in [3.8, 4) is 0 Å². The van der Waals surface area contributed by atoms with Crippen molar-refractivity contribution >= 4 is 11.9 Å². The van der Waals surface area contributed by atoms with E-state index in [-0.39, 0.29) is 18.1 Å². The number of carboxylic acids is 1. The van der Waals surface area contributed by atoms with Crippen LogP contribution in [-0.2, 0) is 16.0 Å². The summed E-state index contributed by atoms with van der Waals surface area (Å²) >= 11 is 0. The van der Waals surface area contributed by atoms with Gasteiger partial charge in [-0.05, 0) is 43.4 Å². The lowest BCUT2D eigenvalue weighted by Gasteiger charge is -2.38. The van der Waals surface area contributed by atoms with Gasteiger partial charge in [-0.2, -0.15) is 0 Å². The number of hydrogen-bond donors (Lipinski definition) is 2. The number of carbonyl (C=O) groups is 2. The summed E-state index contributed by atoms with van der Waals surface area (Å²) < 4.78 is 12.7. The Morgan fingerprint density at radius 2 is 1.89 bits per heavy atom. The molecule has 1 saturated carbocycles. The molecule has 0 aromatic heterocycles. The van der Waals surface area contributed by atoms with Crippen molar-refractivity contribution in [3.05, 3.63) is 35.6 Å². The fourth-order valence-electron chi connectivity index (χ4n) is 2.16. The molecule has 0 heterocycles. The molecule has 0 aliphatic heterocycles. The van der Waals surface area contributed by atoms with E-state index in [1.165, 1.54) is 12.1 Å². The molecule has 0 radical (unpaired) electrons. The number of carbonyl (C=O) groups excluding carboxylic acids is 1. The molecule has 4 nitrogen and oxygen atoms in total. The second-order valence-electron chi connectivity index (χ2n) is 4.92. The van der Waals surface area contributed by atoms with Gasteiger partial charge in [0.05, 0.1) is 0 Å². The Morgan fingerprint density at radius 3 is 2.37 bits per heavy atom. The van der Waals surface area contributed by atoms with E-state index in [4.69, 9.17) is 5.11 Å². The van der Waals surface area contributed by atoms with Gasteiger partial charge in [0.2, 0.25) is 5.91 Å². The molecule has 0 spiro atoms. The number of aliphatic carboxylic acids is 1. The van der Waals surface area contributed by atoms with E-state index in [1.807, 2.05) is 0 Å². The number of halogens is 1. The fourth-order valence-corrected chi connectivity index (χ4v) is 2.16. The van der Waals surface area contributed by atoms with Gasteiger partial charge < -0.3 is 10.4 Å². The van der Waals surface area contributed by atoms with Gasteiger partial charge in [0.25, 0.3) is 0 Å². The van der Waals surface area contributed by atoms with E-state index < -0.39 is 11.5 Å². The second kappa shape index (κ2) is 5.38.